The molecule has 0 saturated carbocycles. The number of allylic oxidation sites excluding steroid dienone is 1. The summed E-state index contributed by atoms with van der Waals surface area (Å²) in [4.78, 5) is 20.1. The van der Waals surface area contributed by atoms with Crippen molar-refractivity contribution in [1.82, 2.24) is 10.3 Å². The van der Waals surface area contributed by atoms with Crippen LogP contribution in [0.25, 0.3) is 16.3 Å². The van der Waals surface area contributed by atoms with Gasteiger partial charge in [0.1, 0.15) is 0 Å². The van der Waals surface area contributed by atoms with Gasteiger partial charge in [-0.15, -0.1) is 11.3 Å². The molecule has 5 nitrogen and oxygen atoms in total. The lowest BCUT2D eigenvalue weighted by atomic mass is 10.1. The highest BCUT2D eigenvalue weighted by molar-refractivity contribution is 7.16. The van der Waals surface area contributed by atoms with E-state index in [0.717, 1.165) is 34.2 Å². The van der Waals surface area contributed by atoms with E-state index in [9.17, 15) is 4.79 Å². The maximum atomic E-state index is 11.6. The number of benzene rings is 2. The summed E-state index contributed by atoms with van der Waals surface area (Å²) in [6, 6.07) is 14.3. The van der Waals surface area contributed by atoms with Crippen LogP contribution in [-0.2, 0) is 11.2 Å². The zero-order valence-electron chi connectivity index (χ0n) is 17.5. The summed E-state index contributed by atoms with van der Waals surface area (Å²) in [5.41, 5.74) is 6.41. The normalized spacial score (nSPS) is 12.2. The van der Waals surface area contributed by atoms with Crippen LogP contribution in [0.1, 0.15) is 43.7 Å². The molecular formula is C24H28N4OS. The van der Waals surface area contributed by atoms with Crippen LogP contribution < -0.4 is 10.6 Å². The van der Waals surface area contributed by atoms with Gasteiger partial charge in [-0.3, -0.25) is 9.79 Å². The Balaban J connectivity index is 1.61. The zero-order valence-corrected chi connectivity index (χ0v) is 18.3. The van der Waals surface area contributed by atoms with E-state index in [1.54, 1.807) is 24.5 Å². The number of thiazole rings is 1. The number of nitrogens with one attached hydrogen (secondary N) is 2. The van der Waals surface area contributed by atoms with Gasteiger partial charge in [-0.05, 0) is 54.3 Å². The molecule has 1 heterocycles. The third-order valence-electron chi connectivity index (χ3n) is 4.83. The van der Waals surface area contributed by atoms with E-state index >= 15 is 0 Å². The van der Waals surface area contributed by atoms with Crippen molar-refractivity contribution in [2.24, 2.45) is 4.99 Å². The lowest BCUT2D eigenvalue weighted by Gasteiger charge is -2.12. The predicted molar refractivity (Wildman–Crippen MR) is 128 cm³/mol. The second-order valence-electron chi connectivity index (χ2n) is 7.13. The first kappa shape index (κ1) is 21.7. The minimum Gasteiger partial charge on any atom is -0.326 e. The third-order valence-corrected chi connectivity index (χ3v) is 5.62. The van der Waals surface area contributed by atoms with Crippen molar-refractivity contribution in [3.05, 3.63) is 64.8 Å². The lowest BCUT2D eigenvalue weighted by Crippen LogP contribution is -2.30. The molecule has 0 aliphatic rings. The summed E-state index contributed by atoms with van der Waals surface area (Å²) in [6.45, 7) is 2.23. The van der Waals surface area contributed by atoms with E-state index in [0.29, 0.717) is 11.7 Å². The predicted octanol–water partition coefficient (Wildman–Crippen LogP) is 5.65. The molecular weight excluding hydrogens is 392 g/mol. The molecule has 2 aromatic carbocycles. The number of carbonyl (C=O) groups is 1. The van der Waals surface area contributed by atoms with Crippen molar-refractivity contribution in [3.8, 4) is 0 Å². The fourth-order valence-electron chi connectivity index (χ4n) is 3.17. The van der Waals surface area contributed by atoms with Crippen molar-refractivity contribution >= 4 is 45.6 Å². The number of hydrogen-bond donors (Lipinski definition) is 2. The van der Waals surface area contributed by atoms with Crippen molar-refractivity contribution in [2.45, 2.75) is 39.0 Å². The molecule has 1 aromatic heterocycles. The number of nitrogens with zero attached hydrogens (tertiary/aromatic N) is 2. The minimum atomic E-state index is 0.430. The van der Waals surface area contributed by atoms with E-state index in [2.05, 4.69) is 39.7 Å². The van der Waals surface area contributed by atoms with Crippen LogP contribution in [0.3, 0.4) is 0 Å². The van der Waals surface area contributed by atoms with Crippen LogP contribution >= 0.6 is 11.3 Å². The average Bonchev–Trinajstić information content (AvgIpc) is 3.24. The Kier molecular flexibility index (Phi) is 8.15. The maximum Gasteiger partial charge on any atom is 0.200 e. The first-order valence-electron chi connectivity index (χ1n) is 10.3. The van der Waals surface area contributed by atoms with Gasteiger partial charge in [0.25, 0.3) is 0 Å². The fraction of sp³-hybridized carbons (Fsp3) is 0.292. The Hall–Kier alpha value is -2.99. The smallest absolute Gasteiger partial charge is 0.200 e. The number of aldehydes is 1. The van der Waals surface area contributed by atoms with E-state index in [1.807, 2.05) is 35.8 Å². The number of fused-ring (bicyclic) bond motifs is 1. The molecule has 3 rings (SSSR count). The van der Waals surface area contributed by atoms with Gasteiger partial charge in [0.2, 0.25) is 0 Å². The van der Waals surface area contributed by atoms with Crippen molar-refractivity contribution in [3.63, 3.8) is 0 Å². The average molecular weight is 421 g/mol. The molecule has 3 aromatic rings. The molecule has 0 atom stereocenters. The summed E-state index contributed by atoms with van der Waals surface area (Å²) >= 11 is 1.58. The molecule has 0 fully saturated rings. The van der Waals surface area contributed by atoms with Gasteiger partial charge < -0.3 is 10.6 Å². The molecule has 0 spiro atoms. The second-order valence-corrected chi connectivity index (χ2v) is 8.01. The Bertz CT molecular complexity index is 1020. The standard InChI is InChI=1S/C24H28N4OS/c1-3-4-5-6-7-18-8-11-20(12-9-18)27-24(25-2)28-21(16-29)14-19-10-13-22-23(15-19)30-17-26-22/h8-17H,3-7H2,1-2H3,(H2,25,27,28)/b21-14-. The number of aliphatic imine (C=N–C) groups is 1. The van der Waals surface area contributed by atoms with Gasteiger partial charge in [0.15, 0.2) is 12.2 Å². The second kappa shape index (κ2) is 11.3. The highest BCUT2D eigenvalue weighted by Crippen LogP contribution is 2.20. The number of unbranched alkanes of at least 4 members (excludes halogenated alkanes) is 3. The number of aryl methyl sites for hydroxylation is 1. The number of rotatable bonds is 9. The number of aromatic nitrogens is 1. The maximum absolute atomic E-state index is 11.6. The summed E-state index contributed by atoms with van der Waals surface area (Å²) in [6.07, 6.45) is 8.77. The SMILES string of the molecule is CCCCCCc1ccc(NC(=NC)N/C(C=O)=C\c2ccc3ncsc3c2)cc1. The molecule has 30 heavy (non-hydrogen) atoms. The number of anilines is 1. The topological polar surface area (TPSA) is 66.4 Å². The molecule has 0 aliphatic heterocycles. The Morgan fingerprint density at radius 2 is 1.97 bits per heavy atom. The van der Waals surface area contributed by atoms with E-state index in [4.69, 9.17) is 0 Å². The monoisotopic (exact) mass is 420 g/mol. The summed E-state index contributed by atoms with van der Waals surface area (Å²) < 4.78 is 1.09. The highest BCUT2D eigenvalue weighted by atomic mass is 32.1. The Labute approximate surface area is 182 Å². The van der Waals surface area contributed by atoms with Gasteiger partial charge in [-0.1, -0.05) is 44.4 Å². The summed E-state index contributed by atoms with van der Waals surface area (Å²) in [7, 11) is 1.68. The summed E-state index contributed by atoms with van der Waals surface area (Å²) in [5.74, 6) is 0.517. The van der Waals surface area contributed by atoms with Crippen molar-refractivity contribution < 1.29 is 4.79 Å². The van der Waals surface area contributed by atoms with Gasteiger partial charge >= 0.3 is 0 Å². The van der Waals surface area contributed by atoms with E-state index in [1.165, 1.54) is 31.2 Å². The molecule has 0 unspecified atom stereocenters. The van der Waals surface area contributed by atoms with Crippen molar-refractivity contribution in [2.75, 3.05) is 12.4 Å². The first-order chi connectivity index (χ1) is 14.7. The van der Waals surface area contributed by atoms with E-state index < -0.39 is 0 Å². The molecule has 0 saturated heterocycles. The van der Waals surface area contributed by atoms with Crippen LogP contribution in [0.5, 0.6) is 0 Å². The summed E-state index contributed by atoms with van der Waals surface area (Å²) in [5, 5.41) is 6.31. The van der Waals surface area contributed by atoms with Crippen LogP contribution in [0, 0.1) is 0 Å². The van der Waals surface area contributed by atoms with Crippen LogP contribution in [0.15, 0.2) is 58.7 Å². The molecule has 2 N–H and O–H groups in total. The molecule has 0 radical (unpaired) electrons. The molecule has 0 bridgehead atoms. The molecule has 0 aliphatic carbocycles. The van der Waals surface area contributed by atoms with Crippen molar-refractivity contribution in [1.29, 1.82) is 0 Å². The molecule has 156 valence electrons. The van der Waals surface area contributed by atoms with Crippen LogP contribution in [0.2, 0.25) is 0 Å². The lowest BCUT2D eigenvalue weighted by molar-refractivity contribution is -0.105. The fourth-order valence-corrected chi connectivity index (χ4v) is 3.89. The van der Waals surface area contributed by atoms with Gasteiger partial charge in [0, 0.05) is 12.7 Å². The Morgan fingerprint density at radius 1 is 1.13 bits per heavy atom. The molecule has 6 heteroatoms. The van der Waals surface area contributed by atoms with Gasteiger partial charge in [0.05, 0.1) is 21.4 Å². The first-order valence-corrected chi connectivity index (χ1v) is 11.2. The number of carbonyl (C=O) groups excluding carboxylic acids is 1. The zero-order chi connectivity index (χ0) is 21.2. The quantitative estimate of drug-likeness (QED) is 0.154. The third kappa shape index (κ3) is 6.26. The number of guanidine groups is 1. The van der Waals surface area contributed by atoms with E-state index in [-0.39, 0.29) is 0 Å². The van der Waals surface area contributed by atoms with Gasteiger partial charge in [-0.25, -0.2) is 4.98 Å². The number of hydrogen-bond acceptors (Lipinski definition) is 4. The van der Waals surface area contributed by atoms with Gasteiger partial charge in [-0.2, -0.15) is 0 Å². The minimum absolute atomic E-state index is 0.430. The highest BCUT2D eigenvalue weighted by Gasteiger charge is 2.04. The molecule has 0 amide bonds. The van der Waals surface area contributed by atoms with Crippen LogP contribution in [0.4, 0.5) is 5.69 Å². The van der Waals surface area contributed by atoms with Crippen LogP contribution in [-0.4, -0.2) is 24.3 Å². The Morgan fingerprint density at radius 3 is 2.70 bits per heavy atom. The largest absolute Gasteiger partial charge is 0.326 e.